The summed E-state index contributed by atoms with van der Waals surface area (Å²) in [5.41, 5.74) is 0.899. The highest BCUT2D eigenvalue weighted by molar-refractivity contribution is 9.10. The standard InChI is InChI=1S/C10H9BrClNO/c1-10(11)6-13(9(10)14)8-4-2-7(12)3-5-8/h2-5H,6H2,1H3. The number of amides is 1. The van der Waals surface area contributed by atoms with Gasteiger partial charge in [0.2, 0.25) is 5.91 Å². The van der Waals surface area contributed by atoms with Crippen LogP contribution in [-0.2, 0) is 4.79 Å². The molecule has 0 saturated carbocycles. The van der Waals surface area contributed by atoms with E-state index in [0.717, 1.165) is 5.69 Å². The molecule has 1 heterocycles. The predicted molar refractivity (Wildman–Crippen MR) is 61.1 cm³/mol. The molecular weight excluding hydrogens is 265 g/mol. The maximum Gasteiger partial charge on any atom is 0.245 e. The largest absolute Gasteiger partial charge is 0.309 e. The molecule has 1 amide bonds. The predicted octanol–water partition coefficient (Wildman–Crippen LogP) is 2.84. The monoisotopic (exact) mass is 273 g/mol. The number of carbonyl (C=O) groups excluding carboxylic acids is 1. The van der Waals surface area contributed by atoms with Crippen molar-refractivity contribution in [3.8, 4) is 0 Å². The lowest BCUT2D eigenvalue weighted by molar-refractivity contribution is -0.124. The molecule has 0 bridgehead atoms. The number of carbonyl (C=O) groups is 1. The van der Waals surface area contributed by atoms with Crippen LogP contribution in [0.15, 0.2) is 24.3 Å². The molecule has 2 nitrogen and oxygen atoms in total. The topological polar surface area (TPSA) is 20.3 Å². The fourth-order valence-electron chi connectivity index (χ4n) is 1.46. The Labute approximate surface area is 96.0 Å². The third-order valence-corrected chi connectivity index (χ3v) is 3.13. The molecule has 14 heavy (non-hydrogen) atoms. The Morgan fingerprint density at radius 1 is 1.43 bits per heavy atom. The van der Waals surface area contributed by atoms with Crippen LogP contribution in [0.4, 0.5) is 5.69 Å². The Balaban J connectivity index is 2.20. The zero-order valence-electron chi connectivity index (χ0n) is 7.63. The summed E-state index contributed by atoms with van der Waals surface area (Å²) in [6.45, 7) is 2.58. The number of β-lactam (4-membered cyclic amide) rings is 1. The molecular formula is C10H9BrClNO. The van der Waals surface area contributed by atoms with E-state index in [2.05, 4.69) is 15.9 Å². The molecule has 1 aliphatic heterocycles. The van der Waals surface area contributed by atoms with Gasteiger partial charge in [0.15, 0.2) is 0 Å². The second kappa shape index (κ2) is 3.24. The van der Waals surface area contributed by atoms with E-state index in [-0.39, 0.29) is 10.2 Å². The lowest BCUT2D eigenvalue weighted by Crippen LogP contribution is -2.61. The van der Waals surface area contributed by atoms with Crippen molar-refractivity contribution in [2.75, 3.05) is 11.4 Å². The van der Waals surface area contributed by atoms with Gasteiger partial charge in [-0.2, -0.15) is 0 Å². The first-order valence-electron chi connectivity index (χ1n) is 4.27. The maximum absolute atomic E-state index is 11.6. The average Bonchev–Trinajstić information content (AvgIpc) is 2.16. The number of rotatable bonds is 1. The van der Waals surface area contributed by atoms with Crippen LogP contribution < -0.4 is 4.90 Å². The van der Waals surface area contributed by atoms with E-state index in [4.69, 9.17) is 11.6 Å². The van der Waals surface area contributed by atoms with Crippen molar-refractivity contribution >= 4 is 39.1 Å². The molecule has 0 spiro atoms. The average molecular weight is 275 g/mol. The third-order valence-electron chi connectivity index (χ3n) is 2.28. The summed E-state index contributed by atoms with van der Waals surface area (Å²) in [5, 5.41) is 0.684. The van der Waals surface area contributed by atoms with Crippen molar-refractivity contribution in [3.63, 3.8) is 0 Å². The number of benzene rings is 1. The van der Waals surface area contributed by atoms with Gasteiger partial charge in [-0.1, -0.05) is 27.5 Å². The van der Waals surface area contributed by atoms with Gasteiger partial charge in [0, 0.05) is 17.3 Å². The minimum absolute atomic E-state index is 0.0971. The van der Waals surface area contributed by atoms with Crippen molar-refractivity contribution < 1.29 is 4.79 Å². The molecule has 1 atom stereocenters. The number of halogens is 2. The van der Waals surface area contributed by atoms with Gasteiger partial charge in [-0.15, -0.1) is 0 Å². The lowest BCUT2D eigenvalue weighted by atomic mass is 10.00. The summed E-state index contributed by atoms with van der Waals surface area (Å²) in [6.07, 6.45) is 0. The summed E-state index contributed by atoms with van der Waals surface area (Å²) in [5.74, 6) is 0.0971. The van der Waals surface area contributed by atoms with Gasteiger partial charge in [-0.25, -0.2) is 0 Å². The number of anilines is 1. The van der Waals surface area contributed by atoms with E-state index >= 15 is 0 Å². The molecule has 4 heteroatoms. The molecule has 74 valence electrons. The second-order valence-corrected chi connectivity index (χ2v) is 5.75. The zero-order chi connectivity index (χ0) is 10.3. The normalized spacial score (nSPS) is 26.2. The molecule has 1 aromatic rings. The van der Waals surface area contributed by atoms with E-state index in [0.29, 0.717) is 11.6 Å². The van der Waals surface area contributed by atoms with E-state index < -0.39 is 0 Å². The fraction of sp³-hybridized carbons (Fsp3) is 0.300. The summed E-state index contributed by atoms with van der Waals surface area (Å²) < 4.78 is -0.382. The van der Waals surface area contributed by atoms with Crippen molar-refractivity contribution in [2.24, 2.45) is 0 Å². The van der Waals surface area contributed by atoms with Gasteiger partial charge in [-0.05, 0) is 31.2 Å². The molecule has 2 rings (SSSR count). The summed E-state index contributed by atoms with van der Waals surface area (Å²) in [6, 6.07) is 7.27. The van der Waals surface area contributed by atoms with Gasteiger partial charge < -0.3 is 4.90 Å². The Morgan fingerprint density at radius 2 is 2.00 bits per heavy atom. The molecule has 0 N–H and O–H groups in total. The van der Waals surface area contributed by atoms with Crippen LogP contribution in [-0.4, -0.2) is 16.8 Å². The molecule has 0 aromatic heterocycles. The van der Waals surface area contributed by atoms with Crippen molar-refractivity contribution in [1.29, 1.82) is 0 Å². The molecule has 0 radical (unpaired) electrons. The summed E-state index contributed by atoms with van der Waals surface area (Å²) in [7, 11) is 0. The lowest BCUT2D eigenvalue weighted by Gasteiger charge is -2.42. The quantitative estimate of drug-likeness (QED) is 0.570. The molecule has 1 aliphatic rings. The van der Waals surface area contributed by atoms with Crippen LogP contribution in [0.25, 0.3) is 0 Å². The number of nitrogens with zero attached hydrogens (tertiary/aromatic N) is 1. The van der Waals surface area contributed by atoms with E-state index in [1.807, 2.05) is 19.1 Å². The minimum Gasteiger partial charge on any atom is -0.309 e. The molecule has 1 fully saturated rings. The first-order chi connectivity index (χ1) is 6.50. The number of hydrogen-bond acceptors (Lipinski definition) is 1. The first-order valence-corrected chi connectivity index (χ1v) is 5.44. The van der Waals surface area contributed by atoms with Crippen LogP contribution >= 0.6 is 27.5 Å². The van der Waals surface area contributed by atoms with Crippen molar-refractivity contribution in [2.45, 2.75) is 11.2 Å². The Morgan fingerprint density at radius 3 is 2.43 bits per heavy atom. The third kappa shape index (κ3) is 1.55. The highest BCUT2D eigenvalue weighted by Gasteiger charge is 2.46. The van der Waals surface area contributed by atoms with Crippen LogP contribution in [0, 0.1) is 0 Å². The van der Waals surface area contributed by atoms with Gasteiger partial charge in [-0.3, -0.25) is 4.79 Å². The maximum atomic E-state index is 11.6. The van der Waals surface area contributed by atoms with E-state index in [9.17, 15) is 4.79 Å². The summed E-state index contributed by atoms with van der Waals surface area (Å²) in [4.78, 5) is 13.3. The van der Waals surface area contributed by atoms with E-state index in [1.54, 1.807) is 17.0 Å². The van der Waals surface area contributed by atoms with Crippen molar-refractivity contribution in [3.05, 3.63) is 29.3 Å². The van der Waals surface area contributed by atoms with Gasteiger partial charge in [0.25, 0.3) is 0 Å². The van der Waals surface area contributed by atoms with Gasteiger partial charge >= 0.3 is 0 Å². The second-order valence-electron chi connectivity index (χ2n) is 3.57. The highest BCUT2D eigenvalue weighted by atomic mass is 79.9. The molecule has 0 aliphatic carbocycles. The van der Waals surface area contributed by atoms with Crippen LogP contribution in [0.1, 0.15) is 6.92 Å². The Hall–Kier alpha value is -0.540. The number of alkyl halides is 1. The number of hydrogen-bond donors (Lipinski definition) is 0. The molecule has 1 aromatic carbocycles. The first kappa shape index (κ1) is 9.99. The van der Waals surface area contributed by atoms with Gasteiger partial charge in [0.05, 0.1) is 0 Å². The summed E-state index contributed by atoms with van der Waals surface area (Å²) >= 11 is 9.12. The SMILES string of the molecule is CC1(Br)CN(c2ccc(Cl)cc2)C1=O. The molecule has 1 saturated heterocycles. The highest BCUT2D eigenvalue weighted by Crippen LogP contribution is 2.35. The Kier molecular flexibility index (Phi) is 2.32. The van der Waals surface area contributed by atoms with Crippen LogP contribution in [0.2, 0.25) is 5.02 Å². The van der Waals surface area contributed by atoms with Crippen LogP contribution in [0.3, 0.4) is 0 Å². The fourth-order valence-corrected chi connectivity index (χ4v) is 2.05. The van der Waals surface area contributed by atoms with Crippen molar-refractivity contribution in [1.82, 2.24) is 0 Å². The van der Waals surface area contributed by atoms with Gasteiger partial charge in [0.1, 0.15) is 4.32 Å². The van der Waals surface area contributed by atoms with E-state index in [1.165, 1.54) is 0 Å². The van der Waals surface area contributed by atoms with Crippen LogP contribution in [0.5, 0.6) is 0 Å². The molecule has 1 unspecified atom stereocenters. The minimum atomic E-state index is -0.382. The zero-order valence-corrected chi connectivity index (χ0v) is 9.97. The smallest absolute Gasteiger partial charge is 0.245 e. The Bertz CT molecular complexity index is 374.